The molecule has 0 saturated carbocycles. The Bertz CT molecular complexity index is 445. The zero-order valence-electron chi connectivity index (χ0n) is 7.63. The van der Waals surface area contributed by atoms with Crippen LogP contribution in [-0.2, 0) is 6.42 Å². The van der Waals surface area contributed by atoms with Crippen LogP contribution in [0.15, 0.2) is 10.5 Å². The summed E-state index contributed by atoms with van der Waals surface area (Å²) in [6, 6.07) is 1.34. The van der Waals surface area contributed by atoms with Crippen LogP contribution in [0.2, 0.25) is 0 Å². The number of aliphatic hydroxyl groups is 1. The third kappa shape index (κ3) is 1.55. The fraction of sp³-hybridized carbons (Fsp3) is 0.300. The molecule has 0 radical (unpaired) electrons. The summed E-state index contributed by atoms with van der Waals surface area (Å²) in [6.45, 7) is 0. The molecule has 2 N–H and O–H groups in total. The van der Waals surface area contributed by atoms with Gasteiger partial charge >= 0.3 is 5.97 Å². The fourth-order valence-corrected chi connectivity index (χ4v) is 2.35. The van der Waals surface area contributed by atoms with E-state index in [0.717, 1.165) is 0 Å². The van der Waals surface area contributed by atoms with Crippen LogP contribution < -0.4 is 0 Å². The Morgan fingerprint density at radius 3 is 2.87 bits per heavy atom. The van der Waals surface area contributed by atoms with Crippen molar-refractivity contribution >= 4 is 21.9 Å². The van der Waals surface area contributed by atoms with Crippen LogP contribution in [0.3, 0.4) is 0 Å². The molecule has 0 bridgehead atoms. The number of benzene rings is 1. The van der Waals surface area contributed by atoms with Crippen molar-refractivity contribution in [2.45, 2.75) is 18.9 Å². The predicted octanol–water partition coefficient (Wildman–Crippen LogP) is 2.27. The summed E-state index contributed by atoms with van der Waals surface area (Å²) in [6.07, 6.45) is 0.142. The standard InChI is InChI=1S/C10H8BrFO3/c11-8-6(10(14)15)3-5-4(9(8)12)1-2-7(5)13/h3,7,13H,1-2H2,(H,14,15). The average Bonchev–Trinajstić information content (AvgIpc) is 2.53. The molecule has 15 heavy (non-hydrogen) atoms. The largest absolute Gasteiger partial charge is 0.478 e. The van der Waals surface area contributed by atoms with Crippen molar-refractivity contribution in [3.8, 4) is 0 Å². The average molecular weight is 275 g/mol. The maximum Gasteiger partial charge on any atom is 0.336 e. The molecule has 0 saturated heterocycles. The number of aliphatic hydroxyl groups excluding tert-OH is 1. The highest BCUT2D eigenvalue weighted by Gasteiger charge is 2.28. The zero-order valence-corrected chi connectivity index (χ0v) is 9.21. The lowest BCUT2D eigenvalue weighted by Gasteiger charge is -2.08. The summed E-state index contributed by atoms with van der Waals surface area (Å²) in [5.74, 6) is -1.77. The molecular weight excluding hydrogens is 267 g/mol. The summed E-state index contributed by atoms with van der Waals surface area (Å²) >= 11 is 2.92. The van der Waals surface area contributed by atoms with E-state index in [1.54, 1.807) is 0 Å². The second-order valence-electron chi connectivity index (χ2n) is 3.48. The van der Waals surface area contributed by atoms with Crippen molar-refractivity contribution < 1.29 is 19.4 Å². The van der Waals surface area contributed by atoms with E-state index in [0.29, 0.717) is 24.0 Å². The van der Waals surface area contributed by atoms with Gasteiger partial charge in [-0.1, -0.05) is 0 Å². The minimum atomic E-state index is -1.21. The molecule has 80 valence electrons. The van der Waals surface area contributed by atoms with E-state index < -0.39 is 17.9 Å². The van der Waals surface area contributed by atoms with E-state index in [9.17, 15) is 14.3 Å². The number of halogens is 2. The van der Waals surface area contributed by atoms with E-state index in [1.807, 2.05) is 0 Å². The molecule has 1 aliphatic carbocycles. The van der Waals surface area contributed by atoms with Gasteiger partial charge in [0.1, 0.15) is 5.82 Å². The highest BCUT2D eigenvalue weighted by Crippen LogP contribution is 2.37. The van der Waals surface area contributed by atoms with Gasteiger partial charge in [0, 0.05) is 0 Å². The molecule has 5 heteroatoms. The van der Waals surface area contributed by atoms with E-state index in [2.05, 4.69) is 15.9 Å². The molecule has 0 aliphatic heterocycles. The minimum Gasteiger partial charge on any atom is -0.478 e. The first kappa shape index (κ1) is 10.6. The summed E-state index contributed by atoms with van der Waals surface area (Å²) < 4.78 is 13.6. The molecule has 0 aromatic heterocycles. The Balaban J connectivity index is 2.68. The molecule has 3 nitrogen and oxygen atoms in total. The first-order valence-corrected chi connectivity index (χ1v) is 5.23. The van der Waals surface area contributed by atoms with E-state index in [4.69, 9.17) is 5.11 Å². The summed E-state index contributed by atoms with van der Waals surface area (Å²) in [4.78, 5) is 10.8. The fourth-order valence-electron chi connectivity index (χ4n) is 1.83. The molecular formula is C10H8BrFO3. The Hall–Kier alpha value is -0.940. The second kappa shape index (κ2) is 3.57. The number of hydrogen-bond donors (Lipinski definition) is 2. The first-order valence-electron chi connectivity index (χ1n) is 4.44. The van der Waals surface area contributed by atoms with Gasteiger partial charge in [-0.2, -0.15) is 0 Å². The number of aromatic carboxylic acids is 1. The molecule has 0 spiro atoms. The highest BCUT2D eigenvalue weighted by molar-refractivity contribution is 9.10. The van der Waals surface area contributed by atoms with E-state index in [1.165, 1.54) is 6.07 Å². The van der Waals surface area contributed by atoms with Gasteiger partial charge in [0.15, 0.2) is 0 Å². The van der Waals surface area contributed by atoms with Crippen LogP contribution in [0.25, 0.3) is 0 Å². The van der Waals surface area contributed by atoms with Gasteiger partial charge in [0.25, 0.3) is 0 Å². The monoisotopic (exact) mass is 274 g/mol. The van der Waals surface area contributed by atoms with Gasteiger partial charge in [0.05, 0.1) is 16.1 Å². The number of carbonyl (C=O) groups is 1. The SMILES string of the molecule is O=C(O)c1cc2c(c(F)c1Br)CCC2O. The van der Waals surface area contributed by atoms with Crippen molar-refractivity contribution in [3.63, 3.8) is 0 Å². The number of hydrogen-bond acceptors (Lipinski definition) is 2. The molecule has 0 heterocycles. The van der Waals surface area contributed by atoms with Crippen LogP contribution in [0.1, 0.15) is 34.0 Å². The van der Waals surface area contributed by atoms with Crippen molar-refractivity contribution in [3.05, 3.63) is 33.0 Å². The molecule has 1 aliphatic rings. The molecule has 2 rings (SSSR count). The number of rotatable bonds is 1. The maximum absolute atomic E-state index is 13.7. The summed E-state index contributed by atoms with van der Waals surface area (Å²) in [5.41, 5.74) is 0.666. The van der Waals surface area contributed by atoms with E-state index in [-0.39, 0.29) is 10.0 Å². The van der Waals surface area contributed by atoms with Gasteiger partial charge in [-0.25, -0.2) is 9.18 Å². The van der Waals surface area contributed by atoms with Gasteiger partial charge in [-0.05, 0) is 46.0 Å². The zero-order chi connectivity index (χ0) is 11.2. The Labute approximate surface area is 93.7 Å². The van der Waals surface area contributed by atoms with Crippen molar-refractivity contribution in [2.24, 2.45) is 0 Å². The lowest BCUT2D eigenvalue weighted by Crippen LogP contribution is -2.04. The van der Waals surface area contributed by atoms with Gasteiger partial charge in [0.2, 0.25) is 0 Å². The Morgan fingerprint density at radius 2 is 2.27 bits per heavy atom. The summed E-state index contributed by atoms with van der Waals surface area (Å²) in [5, 5.41) is 18.4. The van der Waals surface area contributed by atoms with Crippen LogP contribution in [0, 0.1) is 5.82 Å². The molecule has 0 fully saturated rings. The predicted molar refractivity (Wildman–Crippen MR) is 54.3 cm³/mol. The summed E-state index contributed by atoms with van der Waals surface area (Å²) in [7, 11) is 0. The lowest BCUT2D eigenvalue weighted by atomic mass is 10.0. The van der Waals surface area contributed by atoms with Gasteiger partial charge in [-0.3, -0.25) is 0 Å². The third-order valence-electron chi connectivity index (χ3n) is 2.60. The minimum absolute atomic E-state index is 0.0390. The smallest absolute Gasteiger partial charge is 0.336 e. The van der Waals surface area contributed by atoms with Crippen molar-refractivity contribution in [2.75, 3.05) is 0 Å². The number of fused-ring (bicyclic) bond motifs is 1. The second-order valence-corrected chi connectivity index (χ2v) is 4.27. The molecule has 1 aromatic rings. The first-order chi connectivity index (χ1) is 7.02. The van der Waals surface area contributed by atoms with Crippen molar-refractivity contribution in [1.82, 2.24) is 0 Å². The molecule has 1 atom stereocenters. The lowest BCUT2D eigenvalue weighted by molar-refractivity contribution is 0.0695. The molecule has 1 unspecified atom stereocenters. The van der Waals surface area contributed by atoms with Crippen LogP contribution in [-0.4, -0.2) is 16.2 Å². The Kier molecular flexibility index (Phi) is 2.52. The highest BCUT2D eigenvalue weighted by atomic mass is 79.9. The molecule has 1 aromatic carbocycles. The maximum atomic E-state index is 13.7. The van der Waals surface area contributed by atoms with Crippen LogP contribution in [0.4, 0.5) is 4.39 Å². The Morgan fingerprint density at radius 1 is 1.60 bits per heavy atom. The van der Waals surface area contributed by atoms with Gasteiger partial charge < -0.3 is 10.2 Å². The third-order valence-corrected chi connectivity index (χ3v) is 3.37. The number of carboxylic acid groups (broad SMARTS) is 1. The normalized spacial score (nSPS) is 19.0. The number of carboxylic acids is 1. The van der Waals surface area contributed by atoms with E-state index >= 15 is 0 Å². The molecule has 0 amide bonds. The van der Waals surface area contributed by atoms with Crippen LogP contribution in [0.5, 0.6) is 0 Å². The van der Waals surface area contributed by atoms with Crippen LogP contribution >= 0.6 is 15.9 Å². The quantitative estimate of drug-likeness (QED) is 0.826. The van der Waals surface area contributed by atoms with Crippen molar-refractivity contribution in [1.29, 1.82) is 0 Å². The van der Waals surface area contributed by atoms with Gasteiger partial charge in [-0.15, -0.1) is 0 Å². The topological polar surface area (TPSA) is 57.5 Å².